The minimum absolute atomic E-state index is 0.249. The van der Waals surface area contributed by atoms with Gasteiger partial charge in [-0.25, -0.2) is 0 Å². The summed E-state index contributed by atoms with van der Waals surface area (Å²) >= 11 is 0. The number of hydrogen-bond donors (Lipinski definition) is 0. The van der Waals surface area contributed by atoms with Crippen molar-refractivity contribution in [2.24, 2.45) is 11.8 Å². The third-order valence-electron chi connectivity index (χ3n) is 11.4. The van der Waals surface area contributed by atoms with Crippen LogP contribution in [0.3, 0.4) is 0 Å². The van der Waals surface area contributed by atoms with Gasteiger partial charge in [-0.15, -0.1) is 0 Å². The summed E-state index contributed by atoms with van der Waals surface area (Å²) in [7, 11) is 0. The molecule has 5 unspecified atom stereocenters. The molecule has 270 valence electrons. The molecule has 1 heterocycles. The van der Waals surface area contributed by atoms with Gasteiger partial charge in [0.05, 0.1) is 12.2 Å². The number of aryl methyl sites for hydroxylation is 2. The van der Waals surface area contributed by atoms with Gasteiger partial charge in [0.15, 0.2) is 0 Å². The number of benzene rings is 1. The summed E-state index contributed by atoms with van der Waals surface area (Å²) in [5, 5.41) is 0. The van der Waals surface area contributed by atoms with Gasteiger partial charge in [0.2, 0.25) is 0 Å². The molecule has 0 saturated carbocycles. The maximum absolute atomic E-state index is 6.53. The van der Waals surface area contributed by atoms with Crippen molar-refractivity contribution in [3.8, 4) is 0 Å². The van der Waals surface area contributed by atoms with E-state index in [9.17, 15) is 0 Å². The third kappa shape index (κ3) is 15.0. The van der Waals surface area contributed by atoms with Crippen molar-refractivity contribution < 1.29 is 4.74 Å². The zero-order chi connectivity index (χ0) is 34.4. The zero-order valence-electron chi connectivity index (χ0n) is 33.2. The Morgan fingerprint density at radius 3 is 2.00 bits per heavy atom. The molecule has 0 spiro atoms. The average Bonchev–Trinajstić information content (AvgIpc) is 3.51. The molecule has 47 heavy (non-hydrogen) atoms. The van der Waals surface area contributed by atoms with Crippen molar-refractivity contribution in [2.45, 2.75) is 222 Å². The Morgan fingerprint density at radius 2 is 1.45 bits per heavy atom. The molecule has 5 atom stereocenters. The Balaban J connectivity index is 2.37. The molecular formula is C46H80O. The van der Waals surface area contributed by atoms with E-state index in [1.54, 1.807) is 16.7 Å². The molecule has 1 aromatic carbocycles. The topological polar surface area (TPSA) is 9.23 Å². The van der Waals surface area contributed by atoms with Gasteiger partial charge in [0.25, 0.3) is 0 Å². The van der Waals surface area contributed by atoms with E-state index in [0.29, 0.717) is 17.9 Å². The molecule has 1 aliphatic rings. The van der Waals surface area contributed by atoms with E-state index in [2.05, 4.69) is 86.6 Å². The van der Waals surface area contributed by atoms with Crippen molar-refractivity contribution in [2.75, 3.05) is 0 Å². The van der Waals surface area contributed by atoms with E-state index >= 15 is 0 Å². The second-order valence-electron chi connectivity index (χ2n) is 15.5. The molecule has 0 radical (unpaired) electrons. The predicted molar refractivity (Wildman–Crippen MR) is 212 cm³/mol. The first kappa shape index (κ1) is 41.8. The van der Waals surface area contributed by atoms with Crippen molar-refractivity contribution >= 4 is 5.57 Å². The van der Waals surface area contributed by atoms with Gasteiger partial charge in [-0.1, -0.05) is 163 Å². The van der Waals surface area contributed by atoms with Gasteiger partial charge < -0.3 is 4.74 Å². The van der Waals surface area contributed by atoms with Gasteiger partial charge in [-0.2, -0.15) is 0 Å². The summed E-state index contributed by atoms with van der Waals surface area (Å²) in [6.07, 6.45) is 34.7. The molecule has 1 fully saturated rings. The van der Waals surface area contributed by atoms with E-state index in [1.165, 1.54) is 139 Å². The highest BCUT2D eigenvalue weighted by Gasteiger charge is 2.27. The highest BCUT2D eigenvalue weighted by Crippen LogP contribution is 2.40. The molecule has 1 aromatic rings. The molecule has 1 heteroatoms. The molecule has 1 nitrogen and oxygen atoms in total. The van der Waals surface area contributed by atoms with Crippen LogP contribution in [0, 0.1) is 18.8 Å². The molecule has 2 rings (SSSR count). The third-order valence-corrected chi connectivity index (χ3v) is 11.4. The van der Waals surface area contributed by atoms with Gasteiger partial charge in [0, 0.05) is 0 Å². The Hall–Kier alpha value is -1.34. The number of ether oxygens (including phenoxy) is 1. The van der Waals surface area contributed by atoms with Crippen molar-refractivity contribution in [3.05, 3.63) is 52.1 Å². The van der Waals surface area contributed by atoms with Crippen LogP contribution in [-0.2, 0) is 11.2 Å². The largest absolute Gasteiger partial charge is 0.371 e. The summed E-state index contributed by atoms with van der Waals surface area (Å²) < 4.78 is 6.53. The number of hydrogen-bond acceptors (Lipinski definition) is 1. The fourth-order valence-electron chi connectivity index (χ4n) is 7.96. The number of unbranched alkanes of at least 4 members (excludes halogenated alkanes) is 10. The number of rotatable bonds is 26. The van der Waals surface area contributed by atoms with Crippen LogP contribution < -0.4 is 0 Å². The zero-order valence-corrected chi connectivity index (χ0v) is 33.2. The molecular weight excluding hydrogens is 569 g/mol. The van der Waals surface area contributed by atoms with Gasteiger partial charge in [-0.3, -0.25) is 0 Å². The molecule has 1 saturated heterocycles. The molecule has 0 amide bonds. The maximum atomic E-state index is 6.53. The van der Waals surface area contributed by atoms with Crippen molar-refractivity contribution in [1.82, 2.24) is 0 Å². The smallest absolute Gasteiger partial charge is 0.0826 e. The first-order valence-corrected chi connectivity index (χ1v) is 21.0. The Bertz CT molecular complexity index is 1010. The van der Waals surface area contributed by atoms with Gasteiger partial charge in [-0.05, 0) is 116 Å². The molecule has 0 aromatic heterocycles. The van der Waals surface area contributed by atoms with E-state index in [1.807, 2.05) is 0 Å². The van der Waals surface area contributed by atoms with E-state index in [4.69, 9.17) is 4.74 Å². The quantitative estimate of drug-likeness (QED) is 0.0717. The van der Waals surface area contributed by atoms with Crippen LogP contribution in [0.15, 0.2) is 29.9 Å². The second-order valence-corrected chi connectivity index (χ2v) is 15.5. The van der Waals surface area contributed by atoms with Gasteiger partial charge in [0.1, 0.15) is 0 Å². The summed E-state index contributed by atoms with van der Waals surface area (Å²) in [5.74, 6) is 2.07. The van der Waals surface area contributed by atoms with E-state index < -0.39 is 0 Å². The summed E-state index contributed by atoms with van der Waals surface area (Å²) in [5.41, 5.74) is 9.30. The standard InChI is InChI=1S/C46H80O/c1-10-16-18-19-20-21-22-23-24-25-28-39(14-5)44-33-37(8)43(34-40(44)15-6)45(41(26-12-3)31-29-36(7)13-4)35-42(27-17-11-2)46-32-30-38(9)47-46/h27,33-36,38-39,41,46H,10-26,28-32H2,1-9H3/b42-27-,45-35-. The van der Waals surface area contributed by atoms with Crippen LogP contribution >= 0.6 is 0 Å². The van der Waals surface area contributed by atoms with Crippen LogP contribution in [0.4, 0.5) is 0 Å². The Morgan fingerprint density at radius 1 is 0.766 bits per heavy atom. The highest BCUT2D eigenvalue weighted by atomic mass is 16.5. The first-order valence-electron chi connectivity index (χ1n) is 21.0. The predicted octanol–water partition coefficient (Wildman–Crippen LogP) is 15.3. The molecule has 1 aliphatic heterocycles. The van der Waals surface area contributed by atoms with Crippen LogP contribution in [0.2, 0.25) is 0 Å². The molecule has 0 bridgehead atoms. The van der Waals surface area contributed by atoms with Crippen LogP contribution in [-0.4, -0.2) is 12.2 Å². The monoisotopic (exact) mass is 649 g/mol. The summed E-state index contributed by atoms with van der Waals surface area (Å²) in [6, 6.07) is 5.28. The van der Waals surface area contributed by atoms with Crippen LogP contribution in [0.5, 0.6) is 0 Å². The fourth-order valence-corrected chi connectivity index (χ4v) is 7.96. The minimum Gasteiger partial charge on any atom is -0.371 e. The van der Waals surface area contributed by atoms with Crippen LogP contribution in [0.1, 0.15) is 218 Å². The lowest BCUT2D eigenvalue weighted by molar-refractivity contribution is 0.0785. The minimum atomic E-state index is 0.249. The van der Waals surface area contributed by atoms with Crippen molar-refractivity contribution in [1.29, 1.82) is 0 Å². The van der Waals surface area contributed by atoms with E-state index in [0.717, 1.165) is 25.2 Å². The maximum Gasteiger partial charge on any atom is 0.0826 e. The number of allylic oxidation sites excluding steroid dienone is 2. The van der Waals surface area contributed by atoms with Crippen molar-refractivity contribution in [3.63, 3.8) is 0 Å². The Kier molecular flexibility index (Phi) is 22.0. The Labute approximate surface area is 295 Å². The van der Waals surface area contributed by atoms with E-state index in [-0.39, 0.29) is 6.10 Å². The molecule has 0 aliphatic carbocycles. The summed E-state index contributed by atoms with van der Waals surface area (Å²) in [4.78, 5) is 0. The normalized spacial score (nSPS) is 19.3. The second kappa shape index (κ2) is 24.7. The first-order chi connectivity index (χ1) is 22.8. The fraction of sp³-hybridized carbons (Fsp3) is 0.783. The lowest BCUT2D eigenvalue weighted by Crippen LogP contribution is -2.14. The highest BCUT2D eigenvalue weighted by molar-refractivity contribution is 5.73. The van der Waals surface area contributed by atoms with Crippen LogP contribution in [0.25, 0.3) is 5.57 Å². The lowest BCUT2D eigenvalue weighted by atomic mass is 9.78. The summed E-state index contributed by atoms with van der Waals surface area (Å²) in [6.45, 7) is 21.3. The molecule has 0 N–H and O–H groups in total. The lowest BCUT2D eigenvalue weighted by Gasteiger charge is -2.27. The SMILES string of the molecule is CCC/C=C(/C=C(\c1cc(CC)c(C(CC)CCCCCCCCCCCC)cc1C)C(CCC)CCC(C)CC)C1CCC(C)O1. The van der Waals surface area contributed by atoms with Gasteiger partial charge >= 0.3 is 0 Å². The average molecular weight is 649 g/mol.